The Kier molecular flexibility index (Phi) is 5.00. The molecule has 1 N–H and O–H groups in total. The zero-order valence-corrected chi connectivity index (χ0v) is 16.2. The van der Waals surface area contributed by atoms with Gasteiger partial charge < -0.3 is 9.84 Å². The molecular weight excluding hydrogens is 399 g/mol. The Labute approximate surface area is 169 Å². The predicted molar refractivity (Wildman–Crippen MR) is 99.4 cm³/mol. The fourth-order valence-electron chi connectivity index (χ4n) is 3.01. The Morgan fingerprint density at radius 1 is 1.23 bits per heavy atom. The molecule has 1 unspecified atom stereocenters. The molecule has 0 spiro atoms. The predicted octanol–water partition coefficient (Wildman–Crippen LogP) is 4.22. The Morgan fingerprint density at radius 3 is 2.67 bits per heavy atom. The minimum absolute atomic E-state index is 0.0230. The van der Waals surface area contributed by atoms with Gasteiger partial charge in [0, 0.05) is 23.4 Å². The van der Waals surface area contributed by atoms with Gasteiger partial charge in [0.25, 0.3) is 5.91 Å². The van der Waals surface area contributed by atoms with Gasteiger partial charge >= 0.3 is 6.18 Å². The highest BCUT2D eigenvalue weighted by Gasteiger charge is 2.33. The molecule has 3 aromatic heterocycles. The minimum atomic E-state index is -4.57. The van der Waals surface area contributed by atoms with Gasteiger partial charge in [0.1, 0.15) is 11.7 Å². The average molecular weight is 417 g/mol. The van der Waals surface area contributed by atoms with Crippen LogP contribution in [0.4, 0.5) is 13.2 Å². The number of hydrogen-bond donors (Lipinski definition) is 1. The number of carbonyl (C=O) groups is 1. The summed E-state index contributed by atoms with van der Waals surface area (Å²) in [5, 5.41) is 6.61. The summed E-state index contributed by atoms with van der Waals surface area (Å²) in [7, 11) is 0. The molecule has 1 amide bonds. The summed E-state index contributed by atoms with van der Waals surface area (Å²) in [5.41, 5.74) is 0.727. The van der Waals surface area contributed by atoms with Crippen molar-refractivity contribution in [2.75, 3.05) is 0 Å². The van der Waals surface area contributed by atoms with Crippen LogP contribution in [0, 0.1) is 6.92 Å². The molecule has 1 aliphatic carbocycles. The lowest BCUT2D eigenvalue weighted by Crippen LogP contribution is -2.28. The number of halogens is 3. The zero-order chi connectivity index (χ0) is 21.5. The molecule has 3 heterocycles. The van der Waals surface area contributed by atoms with Gasteiger partial charge in [0.2, 0.25) is 11.7 Å². The summed E-state index contributed by atoms with van der Waals surface area (Å²) >= 11 is 0. The third-order valence-corrected chi connectivity index (χ3v) is 4.82. The van der Waals surface area contributed by atoms with Crippen LogP contribution >= 0.6 is 0 Å². The standard InChI is InChI=1S/C20H18F3N5O2/c1-10-14(5-6-16(25-10)20(21,22)23)18(29)26-11(2)19-27-17(28-30-19)13-7-8-24-15(9-13)12-3-4-12/h5-9,11-12H,3-4H2,1-2H3,(H,26,29). The number of nitrogens with one attached hydrogen (secondary N) is 1. The molecule has 156 valence electrons. The largest absolute Gasteiger partial charge is 0.433 e. The van der Waals surface area contributed by atoms with Crippen molar-refractivity contribution in [3.05, 3.63) is 59.0 Å². The van der Waals surface area contributed by atoms with E-state index in [1.54, 1.807) is 19.2 Å². The molecule has 0 bridgehead atoms. The van der Waals surface area contributed by atoms with Gasteiger partial charge in [0.05, 0.1) is 11.3 Å². The van der Waals surface area contributed by atoms with E-state index in [0.717, 1.165) is 36.2 Å². The molecule has 1 fully saturated rings. The van der Waals surface area contributed by atoms with E-state index < -0.39 is 23.8 Å². The first kappa shape index (κ1) is 20.0. The van der Waals surface area contributed by atoms with Crippen molar-refractivity contribution in [2.24, 2.45) is 0 Å². The Bertz CT molecular complexity index is 1090. The molecule has 1 aliphatic rings. The maximum atomic E-state index is 12.8. The molecule has 0 radical (unpaired) electrons. The molecule has 7 nitrogen and oxygen atoms in total. The topological polar surface area (TPSA) is 93.8 Å². The first-order valence-corrected chi connectivity index (χ1v) is 9.38. The van der Waals surface area contributed by atoms with Crippen molar-refractivity contribution in [1.29, 1.82) is 0 Å². The maximum absolute atomic E-state index is 12.8. The fraction of sp³-hybridized carbons (Fsp3) is 0.350. The van der Waals surface area contributed by atoms with Gasteiger partial charge in [-0.2, -0.15) is 18.2 Å². The van der Waals surface area contributed by atoms with Crippen molar-refractivity contribution < 1.29 is 22.5 Å². The molecule has 1 saturated carbocycles. The normalized spacial score (nSPS) is 15.1. The molecule has 30 heavy (non-hydrogen) atoms. The molecular formula is C20H18F3N5O2. The van der Waals surface area contributed by atoms with Crippen LogP contribution in [0.25, 0.3) is 11.4 Å². The van der Waals surface area contributed by atoms with E-state index in [0.29, 0.717) is 11.7 Å². The van der Waals surface area contributed by atoms with Crippen molar-refractivity contribution in [1.82, 2.24) is 25.4 Å². The van der Waals surface area contributed by atoms with Gasteiger partial charge in [-0.15, -0.1) is 0 Å². The molecule has 1 atom stereocenters. The number of aromatic nitrogens is 4. The van der Waals surface area contributed by atoms with E-state index in [9.17, 15) is 18.0 Å². The zero-order valence-electron chi connectivity index (χ0n) is 16.2. The van der Waals surface area contributed by atoms with Gasteiger partial charge in [-0.1, -0.05) is 5.16 Å². The highest BCUT2D eigenvalue weighted by Crippen LogP contribution is 2.39. The number of alkyl halides is 3. The third kappa shape index (κ3) is 4.17. The highest BCUT2D eigenvalue weighted by molar-refractivity contribution is 5.95. The molecule has 4 rings (SSSR count). The summed E-state index contributed by atoms with van der Waals surface area (Å²) < 4.78 is 43.5. The lowest BCUT2D eigenvalue weighted by atomic mass is 10.1. The number of aryl methyl sites for hydroxylation is 1. The molecule has 10 heteroatoms. The second-order valence-electron chi connectivity index (χ2n) is 7.22. The van der Waals surface area contributed by atoms with Crippen LogP contribution < -0.4 is 5.32 Å². The number of nitrogens with zero attached hydrogens (tertiary/aromatic N) is 4. The van der Waals surface area contributed by atoms with E-state index in [1.165, 1.54) is 6.92 Å². The van der Waals surface area contributed by atoms with E-state index in [-0.39, 0.29) is 17.1 Å². The van der Waals surface area contributed by atoms with Crippen molar-refractivity contribution in [3.8, 4) is 11.4 Å². The summed E-state index contributed by atoms with van der Waals surface area (Å²) in [6, 6.07) is 4.93. The molecule has 3 aromatic rings. The van der Waals surface area contributed by atoms with Crippen LogP contribution in [-0.4, -0.2) is 26.0 Å². The summed E-state index contributed by atoms with van der Waals surface area (Å²) in [6.07, 6.45) is -0.630. The Balaban J connectivity index is 1.47. The van der Waals surface area contributed by atoms with Gasteiger partial charge in [-0.05, 0) is 51.0 Å². The molecule has 0 aromatic carbocycles. The number of rotatable bonds is 5. The van der Waals surface area contributed by atoms with Gasteiger partial charge in [0.15, 0.2) is 0 Å². The van der Waals surface area contributed by atoms with E-state index in [2.05, 4.69) is 25.4 Å². The number of hydrogen-bond acceptors (Lipinski definition) is 6. The van der Waals surface area contributed by atoms with E-state index in [4.69, 9.17) is 4.52 Å². The quantitative estimate of drug-likeness (QED) is 0.668. The van der Waals surface area contributed by atoms with Crippen LogP contribution in [-0.2, 0) is 6.18 Å². The van der Waals surface area contributed by atoms with Crippen LogP contribution in [0.5, 0.6) is 0 Å². The van der Waals surface area contributed by atoms with Crippen LogP contribution in [0.2, 0.25) is 0 Å². The maximum Gasteiger partial charge on any atom is 0.433 e. The average Bonchev–Trinajstić information content (AvgIpc) is 3.43. The van der Waals surface area contributed by atoms with Crippen molar-refractivity contribution in [2.45, 2.75) is 44.8 Å². The van der Waals surface area contributed by atoms with Crippen LogP contribution in [0.15, 0.2) is 35.0 Å². The van der Waals surface area contributed by atoms with Crippen molar-refractivity contribution >= 4 is 5.91 Å². The summed E-state index contributed by atoms with van der Waals surface area (Å²) in [6.45, 7) is 2.99. The molecule has 0 aliphatic heterocycles. The fourth-order valence-corrected chi connectivity index (χ4v) is 3.01. The third-order valence-electron chi connectivity index (χ3n) is 4.82. The number of pyridine rings is 2. The number of carbonyl (C=O) groups excluding carboxylic acids is 1. The second-order valence-corrected chi connectivity index (χ2v) is 7.22. The van der Waals surface area contributed by atoms with E-state index >= 15 is 0 Å². The molecule has 0 saturated heterocycles. The SMILES string of the molecule is Cc1nc(C(F)(F)F)ccc1C(=O)NC(C)c1nc(-c2ccnc(C3CC3)c2)no1. The van der Waals surface area contributed by atoms with E-state index in [1.807, 2.05) is 6.07 Å². The Hall–Kier alpha value is -3.30. The summed E-state index contributed by atoms with van der Waals surface area (Å²) in [5.74, 6) is 0.458. The van der Waals surface area contributed by atoms with Gasteiger partial charge in [-0.25, -0.2) is 4.98 Å². The van der Waals surface area contributed by atoms with Crippen LogP contribution in [0.1, 0.15) is 65.1 Å². The highest BCUT2D eigenvalue weighted by atomic mass is 19.4. The number of amides is 1. The smallest absolute Gasteiger partial charge is 0.340 e. The van der Waals surface area contributed by atoms with Gasteiger partial charge in [-0.3, -0.25) is 9.78 Å². The first-order valence-electron chi connectivity index (χ1n) is 9.38. The first-order chi connectivity index (χ1) is 14.2. The second kappa shape index (κ2) is 7.51. The van der Waals surface area contributed by atoms with Crippen LogP contribution in [0.3, 0.4) is 0 Å². The lowest BCUT2D eigenvalue weighted by molar-refractivity contribution is -0.141. The lowest BCUT2D eigenvalue weighted by Gasteiger charge is -2.12. The monoisotopic (exact) mass is 417 g/mol. The Morgan fingerprint density at radius 2 is 2.00 bits per heavy atom. The summed E-state index contributed by atoms with van der Waals surface area (Å²) in [4.78, 5) is 24.6. The minimum Gasteiger partial charge on any atom is -0.340 e. The van der Waals surface area contributed by atoms with Crippen molar-refractivity contribution in [3.63, 3.8) is 0 Å².